The largest absolute Gasteiger partial charge is 0.480 e. The van der Waals surface area contributed by atoms with Crippen molar-refractivity contribution in [3.8, 4) is 0 Å². The molecule has 1 rings (SSSR count). The van der Waals surface area contributed by atoms with E-state index in [1.165, 1.54) is 5.56 Å². The molecule has 1 aromatic carbocycles. The monoisotopic (exact) mass is 310 g/mol. The van der Waals surface area contributed by atoms with Crippen molar-refractivity contribution in [1.29, 1.82) is 0 Å². The summed E-state index contributed by atoms with van der Waals surface area (Å²) in [7, 11) is 0. The fraction of sp³-hybridized carbons (Fsp3) is 0.588. The third-order valence-electron chi connectivity index (χ3n) is 2.99. The molecule has 124 valence electrons. The highest BCUT2D eigenvalue weighted by atomic mass is 16.5. The molecule has 0 aliphatic rings. The van der Waals surface area contributed by atoms with Gasteiger partial charge in [-0.1, -0.05) is 30.3 Å². The maximum Gasteiger partial charge on any atom is 0.329 e. The average molecular weight is 310 g/mol. The number of ether oxygens (including phenoxy) is 3. The zero-order chi connectivity index (χ0) is 15.9. The van der Waals surface area contributed by atoms with E-state index in [0.717, 1.165) is 38.9 Å². The molecule has 0 aliphatic heterocycles. The number of carboxylic acid groups (broad SMARTS) is 1. The van der Waals surface area contributed by atoms with Gasteiger partial charge < -0.3 is 19.3 Å². The van der Waals surface area contributed by atoms with Crippen molar-refractivity contribution in [3.05, 3.63) is 35.9 Å². The highest BCUT2D eigenvalue weighted by molar-refractivity contribution is 5.67. The van der Waals surface area contributed by atoms with E-state index in [0.29, 0.717) is 19.8 Å². The fourth-order valence-corrected chi connectivity index (χ4v) is 1.87. The molecule has 0 heterocycles. The molecule has 0 saturated carbocycles. The lowest BCUT2D eigenvalue weighted by atomic mass is 10.2. The molecule has 0 spiro atoms. The van der Waals surface area contributed by atoms with E-state index in [1.54, 1.807) is 0 Å². The highest BCUT2D eigenvalue weighted by Crippen LogP contribution is 2.02. The Bertz CT molecular complexity index is 380. The summed E-state index contributed by atoms with van der Waals surface area (Å²) in [4.78, 5) is 10.2. The summed E-state index contributed by atoms with van der Waals surface area (Å²) in [6.07, 6.45) is 3.88. The van der Waals surface area contributed by atoms with Gasteiger partial charge in [-0.05, 0) is 31.2 Å². The third kappa shape index (κ3) is 11.3. The molecular formula is C17H26O5. The number of benzene rings is 1. The van der Waals surface area contributed by atoms with Gasteiger partial charge in [-0.3, -0.25) is 0 Å². The van der Waals surface area contributed by atoms with Crippen molar-refractivity contribution in [2.24, 2.45) is 0 Å². The zero-order valence-electron chi connectivity index (χ0n) is 13.0. The number of unbranched alkanes of at least 4 members (excludes halogenated alkanes) is 2. The summed E-state index contributed by atoms with van der Waals surface area (Å²) in [5.41, 5.74) is 1.20. The van der Waals surface area contributed by atoms with Crippen LogP contribution < -0.4 is 0 Å². The Hall–Kier alpha value is -1.43. The Morgan fingerprint density at radius 1 is 0.818 bits per heavy atom. The smallest absolute Gasteiger partial charge is 0.329 e. The maximum atomic E-state index is 10.2. The van der Waals surface area contributed by atoms with Crippen LogP contribution >= 0.6 is 0 Å². The molecule has 0 aromatic heterocycles. The number of aliphatic carboxylic acids is 1. The van der Waals surface area contributed by atoms with Crippen LogP contribution in [0.2, 0.25) is 0 Å². The summed E-state index contributed by atoms with van der Waals surface area (Å²) in [5.74, 6) is -0.935. The summed E-state index contributed by atoms with van der Waals surface area (Å²) >= 11 is 0. The van der Waals surface area contributed by atoms with Gasteiger partial charge in [0.1, 0.15) is 6.61 Å². The Morgan fingerprint density at radius 2 is 1.45 bits per heavy atom. The molecule has 1 N–H and O–H groups in total. The molecule has 0 saturated heterocycles. The van der Waals surface area contributed by atoms with Crippen LogP contribution in [0, 0.1) is 0 Å². The Labute approximate surface area is 132 Å². The van der Waals surface area contributed by atoms with E-state index in [4.69, 9.17) is 19.3 Å². The van der Waals surface area contributed by atoms with Crippen molar-refractivity contribution < 1.29 is 24.1 Å². The molecule has 0 radical (unpaired) electrons. The number of rotatable bonds is 14. The van der Waals surface area contributed by atoms with Gasteiger partial charge in [-0.25, -0.2) is 4.79 Å². The van der Waals surface area contributed by atoms with Crippen LogP contribution in [-0.4, -0.2) is 44.1 Å². The lowest BCUT2D eigenvalue weighted by Gasteiger charge is -2.06. The molecule has 22 heavy (non-hydrogen) atoms. The summed E-state index contributed by atoms with van der Waals surface area (Å²) in [6.45, 7) is 3.00. The molecule has 0 atom stereocenters. The summed E-state index contributed by atoms with van der Waals surface area (Å²) in [6, 6.07) is 10.2. The number of hydrogen-bond donors (Lipinski definition) is 1. The first-order valence-electron chi connectivity index (χ1n) is 7.78. The molecule has 0 bridgehead atoms. The van der Waals surface area contributed by atoms with Crippen molar-refractivity contribution in [1.82, 2.24) is 0 Å². The second-order valence-electron chi connectivity index (χ2n) is 5.01. The average Bonchev–Trinajstić information content (AvgIpc) is 2.52. The standard InChI is InChI=1S/C17H26O5/c18-17(19)15-22-13-7-12-20-10-5-2-6-11-21-14-16-8-3-1-4-9-16/h1,3-4,8-9H,2,5-7,10-15H2,(H,18,19). The van der Waals surface area contributed by atoms with Gasteiger partial charge in [0, 0.05) is 26.4 Å². The second-order valence-corrected chi connectivity index (χ2v) is 5.01. The van der Waals surface area contributed by atoms with Crippen molar-refractivity contribution >= 4 is 5.97 Å². The van der Waals surface area contributed by atoms with Gasteiger partial charge in [-0.2, -0.15) is 0 Å². The predicted octanol–water partition coefficient (Wildman–Crippen LogP) is 2.88. The first-order chi connectivity index (χ1) is 10.8. The quantitative estimate of drug-likeness (QED) is 0.535. The molecule has 0 aliphatic carbocycles. The van der Waals surface area contributed by atoms with E-state index in [1.807, 2.05) is 18.2 Å². The predicted molar refractivity (Wildman–Crippen MR) is 83.8 cm³/mol. The third-order valence-corrected chi connectivity index (χ3v) is 2.99. The zero-order valence-corrected chi connectivity index (χ0v) is 13.0. The van der Waals surface area contributed by atoms with Gasteiger partial charge in [0.2, 0.25) is 0 Å². The number of carboxylic acids is 1. The molecular weight excluding hydrogens is 284 g/mol. The van der Waals surface area contributed by atoms with E-state index < -0.39 is 5.97 Å². The topological polar surface area (TPSA) is 65.0 Å². The first kappa shape index (κ1) is 18.6. The highest BCUT2D eigenvalue weighted by Gasteiger charge is 1.96. The van der Waals surface area contributed by atoms with Crippen molar-refractivity contribution in [2.75, 3.05) is 33.0 Å². The first-order valence-corrected chi connectivity index (χ1v) is 7.78. The Balaban J connectivity index is 1.76. The van der Waals surface area contributed by atoms with E-state index >= 15 is 0 Å². The molecule has 0 unspecified atom stereocenters. The second kappa shape index (κ2) is 13.2. The molecule has 5 nitrogen and oxygen atoms in total. The summed E-state index contributed by atoms with van der Waals surface area (Å²) in [5, 5.41) is 8.37. The van der Waals surface area contributed by atoms with Gasteiger partial charge in [0.15, 0.2) is 0 Å². The van der Waals surface area contributed by atoms with Gasteiger partial charge in [-0.15, -0.1) is 0 Å². The van der Waals surface area contributed by atoms with Crippen LogP contribution in [0.5, 0.6) is 0 Å². The lowest BCUT2D eigenvalue weighted by Crippen LogP contribution is -2.09. The van der Waals surface area contributed by atoms with Crippen LogP contribution in [0.1, 0.15) is 31.2 Å². The van der Waals surface area contributed by atoms with Crippen LogP contribution in [0.3, 0.4) is 0 Å². The molecule has 0 amide bonds. The van der Waals surface area contributed by atoms with Crippen LogP contribution in [0.25, 0.3) is 0 Å². The lowest BCUT2D eigenvalue weighted by molar-refractivity contribution is -0.142. The van der Waals surface area contributed by atoms with Crippen molar-refractivity contribution in [3.63, 3.8) is 0 Å². The minimum Gasteiger partial charge on any atom is -0.480 e. The normalized spacial score (nSPS) is 10.7. The fourth-order valence-electron chi connectivity index (χ4n) is 1.87. The Kier molecular flexibility index (Phi) is 11.2. The van der Waals surface area contributed by atoms with Crippen molar-refractivity contribution in [2.45, 2.75) is 32.3 Å². The van der Waals surface area contributed by atoms with Crippen LogP contribution in [0.15, 0.2) is 30.3 Å². The van der Waals surface area contributed by atoms with E-state index in [2.05, 4.69) is 12.1 Å². The van der Waals surface area contributed by atoms with Gasteiger partial charge in [0.25, 0.3) is 0 Å². The SMILES string of the molecule is O=C(O)COCCCOCCCCCOCc1ccccc1. The van der Waals surface area contributed by atoms with Crippen LogP contribution in [0.4, 0.5) is 0 Å². The summed E-state index contributed by atoms with van der Waals surface area (Å²) < 4.78 is 16.0. The minimum atomic E-state index is -0.935. The van der Waals surface area contributed by atoms with E-state index in [9.17, 15) is 4.79 Å². The molecule has 1 aromatic rings. The molecule has 0 fully saturated rings. The number of carbonyl (C=O) groups is 1. The van der Waals surface area contributed by atoms with Crippen LogP contribution in [-0.2, 0) is 25.6 Å². The number of hydrogen-bond acceptors (Lipinski definition) is 4. The molecule has 5 heteroatoms. The van der Waals surface area contributed by atoms with E-state index in [-0.39, 0.29) is 6.61 Å². The minimum absolute atomic E-state index is 0.233. The maximum absolute atomic E-state index is 10.2. The van der Waals surface area contributed by atoms with Gasteiger partial charge in [0.05, 0.1) is 6.61 Å². The Morgan fingerprint density at radius 3 is 2.18 bits per heavy atom. The van der Waals surface area contributed by atoms with Gasteiger partial charge >= 0.3 is 5.97 Å².